The fourth-order valence-electron chi connectivity index (χ4n) is 1.82. The Balaban J connectivity index is 2.23. The van der Waals surface area contributed by atoms with Crippen LogP contribution in [0.15, 0.2) is 29.2 Å². The normalized spacial score (nSPS) is 16.2. The number of sulfonamides is 1. The quantitative estimate of drug-likeness (QED) is 0.791. The monoisotopic (exact) mass is 283 g/mol. The Morgan fingerprint density at radius 2 is 1.89 bits per heavy atom. The smallest absolute Gasteiger partial charge is 0.251 e. The molecule has 1 heterocycles. The van der Waals surface area contributed by atoms with E-state index >= 15 is 0 Å². The summed E-state index contributed by atoms with van der Waals surface area (Å²) in [4.78, 5) is 11.6. The minimum atomic E-state index is -3.49. The summed E-state index contributed by atoms with van der Waals surface area (Å²) in [7, 11) is -0.378. The maximum absolute atomic E-state index is 12.3. The molecule has 104 valence electrons. The first-order valence-electron chi connectivity index (χ1n) is 5.97. The van der Waals surface area contributed by atoms with Gasteiger partial charge in [0, 0.05) is 38.8 Å². The minimum absolute atomic E-state index is 0.00335. The van der Waals surface area contributed by atoms with Crippen LogP contribution < -0.4 is 10.6 Å². The van der Waals surface area contributed by atoms with Crippen molar-refractivity contribution in [3.63, 3.8) is 0 Å². The maximum atomic E-state index is 12.3. The molecular weight excluding hydrogens is 266 g/mol. The summed E-state index contributed by atoms with van der Waals surface area (Å²) in [6.07, 6.45) is 0. The number of rotatable bonds is 4. The largest absolute Gasteiger partial charge is 0.355 e. The third kappa shape index (κ3) is 2.63. The SMILES string of the molecule is CNC(=O)c1ccc(S(=O)(=O)N(C)C2CNC2)cc1. The Morgan fingerprint density at radius 1 is 1.32 bits per heavy atom. The highest BCUT2D eigenvalue weighted by Crippen LogP contribution is 2.18. The summed E-state index contributed by atoms with van der Waals surface area (Å²) in [6, 6.07) is 5.95. The number of hydrogen-bond acceptors (Lipinski definition) is 4. The van der Waals surface area contributed by atoms with E-state index < -0.39 is 10.0 Å². The third-order valence-corrected chi connectivity index (χ3v) is 5.22. The van der Waals surface area contributed by atoms with Gasteiger partial charge in [-0.2, -0.15) is 4.31 Å². The minimum Gasteiger partial charge on any atom is -0.355 e. The van der Waals surface area contributed by atoms with Crippen LogP contribution >= 0.6 is 0 Å². The van der Waals surface area contributed by atoms with Crippen molar-refractivity contribution in [2.75, 3.05) is 27.2 Å². The fourth-order valence-corrected chi connectivity index (χ4v) is 3.17. The van der Waals surface area contributed by atoms with Gasteiger partial charge < -0.3 is 10.6 Å². The molecule has 0 bridgehead atoms. The Bertz CT molecular complexity index is 564. The molecule has 1 aromatic rings. The highest BCUT2D eigenvalue weighted by molar-refractivity contribution is 7.89. The van der Waals surface area contributed by atoms with Gasteiger partial charge >= 0.3 is 0 Å². The van der Waals surface area contributed by atoms with Crippen molar-refractivity contribution in [3.8, 4) is 0 Å². The van der Waals surface area contributed by atoms with E-state index in [2.05, 4.69) is 10.6 Å². The van der Waals surface area contributed by atoms with Crippen molar-refractivity contribution in [3.05, 3.63) is 29.8 Å². The van der Waals surface area contributed by atoms with E-state index in [1.807, 2.05) is 0 Å². The Labute approximate surface area is 112 Å². The molecule has 0 spiro atoms. The molecule has 1 saturated heterocycles. The number of amides is 1. The Morgan fingerprint density at radius 3 is 2.32 bits per heavy atom. The molecule has 6 nitrogen and oxygen atoms in total. The highest BCUT2D eigenvalue weighted by atomic mass is 32.2. The second-order valence-electron chi connectivity index (χ2n) is 4.44. The van der Waals surface area contributed by atoms with E-state index in [-0.39, 0.29) is 16.8 Å². The van der Waals surface area contributed by atoms with Gasteiger partial charge in [0.05, 0.1) is 4.90 Å². The van der Waals surface area contributed by atoms with E-state index in [1.54, 1.807) is 7.05 Å². The van der Waals surface area contributed by atoms with Gasteiger partial charge in [-0.05, 0) is 24.3 Å². The highest BCUT2D eigenvalue weighted by Gasteiger charge is 2.31. The fraction of sp³-hybridized carbons (Fsp3) is 0.417. The lowest BCUT2D eigenvalue weighted by Gasteiger charge is -2.34. The molecule has 1 aromatic carbocycles. The van der Waals surface area contributed by atoms with Gasteiger partial charge in [0.2, 0.25) is 10.0 Å². The average molecular weight is 283 g/mol. The summed E-state index contributed by atoms with van der Waals surface area (Å²) in [6.45, 7) is 1.35. The van der Waals surface area contributed by atoms with Crippen molar-refractivity contribution in [2.24, 2.45) is 0 Å². The first-order valence-corrected chi connectivity index (χ1v) is 7.41. The van der Waals surface area contributed by atoms with Crippen molar-refractivity contribution >= 4 is 15.9 Å². The Kier molecular flexibility index (Phi) is 3.88. The molecule has 1 fully saturated rings. The zero-order valence-electron chi connectivity index (χ0n) is 10.9. The summed E-state index contributed by atoms with van der Waals surface area (Å²) >= 11 is 0. The lowest BCUT2D eigenvalue weighted by atomic mass is 10.2. The molecule has 1 aliphatic heterocycles. The van der Waals surface area contributed by atoms with Crippen LogP contribution in [0.4, 0.5) is 0 Å². The van der Waals surface area contributed by atoms with E-state index in [4.69, 9.17) is 0 Å². The van der Waals surface area contributed by atoms with Crippen molar-refractivity contribution in [2.45, 2.75) is 10.9 Å². The van der Waals surface area contributed by atoms with E-state index in [0.717, 1.165) is 0 Å². The predicted octanol–water partition coefficient (Wildman–Crippen LogP) is -0.361. The molecule has 2 rings (SSSR count). The van der Waals surface area contributed by atoms with Gasteiger partial charge in [-0.15, -0.1) is 0 Å². The number of likely N-dealkylation sites (N-methyl/N-ethyl adjacent to an activating group) is 1. The number of carbonyl (C=O) groups is 1. The van der Waals surface area contributed by atoms with Crippen LogP contribution in [-0.4, -0.2) is 51.9 Å². The van der Waals surface area contributed by atoms with Gasteiger partial charge in [0.1, 0.15) is 0 Å². The molecule has 1 amide bonds. The van der Waals surface area contributed by atoms with Crippen LogP contribution in [0.25, 0.3) is 0 Å². The van der Waals surface area contributed by atoms with Gasteiger partial charge in [-0.1, -0.05) is 0 Å². The molecule has 19 heavy (non-hydrogen) atoms. The van der Waals surface area contributed by atoms with Gasteiger partial charge in [-0.3, -0.25) is 4.79 Å². The molecule has 2 N–H and O–H groups in total. The van der Waals surface area contributed by atoms with Crippen molar-refractivity contribution < 1.29 is 13.2 Å². The average Bonchev–Trinajstić information content (AvgIpc) is 2.36. The number of hydrogen-bond donors (Lipinski definition) is 2. The van der Waals surface area contributed by atoms with E-state index in [9.17, 15) is 13.2 Å². The number of carbonyl (C=O) groups excluding carboxylic acids is 1. The Hall–Kier alpha value is -1.44. The van der Waals surface area contributed by atoms with Crippen LogP contribution in [-0.2, 0) is 10.0 Å². The van der Waals surface area contributed by atoms with Crippen molar-refractivity contribution in [1.82, 2.24) is 14.9 Å². The molecule has 0 unspecified atom stereocenters. The summed E-state index contributed by atoms with van der Waals surface area (Å²) in [5, 5.41) is 5.53. The molecule has 1 aliphatic rings. The van der Waals surface area contributed by atoms with Gasteiger partial charge in [0.25, 0.3) is 5.91 Å². The second-order valence-corrected chi connectivity index (χ2v) is 6.43. The van der Waals surface area contributed by atoms with Gasteiger partial charge in [-0.25, -0.2) is 8.42 Å². The van der Waals surface area contributed by atoms with E-state index in [0.29, 0.717) is 18.7 Å². The summed E-state index contributed by atoms with van der Waals surface area (Å²) in [5.74, 6) is -0.236. The summed E-state index contributed by atoms with van der Waals surface area (Å²) in [5.41, 5.74) is 0.439. The standard InChI is InChI=1S/C12H17N3O3S/c1-13-12(16)9-3-5-11(6-4-9)19(17,18)15(2)10-7-14-8-10/h3-6,10,14H,7-8H2,1-2H3,(H,13,16). The molecular formula is C12H17N3O3S. The molecule has 0 aliphatic carbocycles. The van der Waals surface area contributed by atoms with Crippen LogP contribution in [0.5, 0.6) is 0 Å². The molecule has 0 aromatic heterocycles. The van der Waals surface area contributed by atoms with E-state index in [1.165, 1.54) is 35.6 Å². The number of nitrogens with one attached hydrogen (secondary N) is 2. The number of nitrogens with zero attached hydrogens (tertiary/aromatic N) is 1. The summed E-state index contributed by atoms with van der Waals surface area (Å²) < 4.78 is 26.0. The molecule has 0 saturated carbocycles. The van der Waals surface area contributed by atoms with Crippen LogP contribution in [0.3, 0.4) is 0 Å². The number of benzene rings is 1. The topological polar surface area (TPSA) is 78.5 Å². The maximum Gasteiger partial charge on any atom is 0.251 e. The van der Waals surface area contributed by atoms with Crippen LogP contribution in [0, 0.1) is 0 Å². The van der Waals surface area contributed by atoms with Gasteiger partial charge in [0.15, 0.2) is 0 Å². The third-order valence-electron chi connectivity index (χ3n) is 3.29. The molecule has 7 heteroatoms. The zero-order chi connectivity index (χ0) is 14.0. The lowest BCUT2D eigenvalue weighted by Crippen LogP contribution is -2.57. The zero-order valence-corrected chi connectivity index (χ0v) is 11.7. The van der Waals surface area contributed by atoms with Crippen molar-refractivity contribution in [1.29, 1.82) is 0 Å². The van der Waals surface area contributed by atoms with Crippen LogP contribution in [0.2, 0.25) is 0 Å². The van der Waals surface area contributed by atoms with Crippen LogP contribution in [0.1, 0.15) is 10.4 Å². The molecule has 0 atom stereocenters. The lowest BCUT2D eigenvalue weighted by molar-refractivity contribution is 0.0963. The second kappa shape index (κ2) is 5.28. The molecule has 0 radical (unpaired) electrons. The predicted molar refractivity (Wildman–Crippen MR) is 71.4 cm³/mol. The first kappa shape index (κ1) is 14.0. The first-order chi connectivity index (χ1) is 8.96.